The summed E-state index contributed by atoms with van der Waals surface area (Å²) in [5, 5.41) is 11.5. The summed E-state index contributed by atoms with van der Waals surface area (Å²) < 4.78 is 5.01. The first-order valence-corrected chi connectivity index (χ1v) is 3.99. The van der Waals surface area contributed by atoms with Crippen LogP contribution in [-0.2, 0) is 14.3 Å². The van der Waals surface area contributed by atoms with E-state index >= 15 is 0 Å². The lowest BCUT2D eigenvalue weighted by Crippen LogP contribution is -2.31. The van der Waals surface area contributed by atoms with E-state index in [1.54, 1.807) is 13.8 Å². The molecule has 0 saturated heterocycles. The van der Waals surface area contributed by atoms with Crippen LogP contribution in [0.25, 0.3) is 0 Å². The maximum atomic E-state index is 10.4. The molecule has 13 heavy (non-hydrogen) atoms. The number of amides is 1. The van der Waals surface area contributed by atoms with Crippen LogP contribution in [0, 0.1) is 0 Å². The van der Waals surface area contributed by atoms with Crippen LogP contribution in [0.4, 0.5) is 0 Å². The van der Waals surface area contributed by atoms with Crippen LogP contribution in [0.15, 0.2) is 0 Å². The smallest absolute Gasteiger partial charge is 0.284 e. The molecule has 0 spiro atoms. The lowest BCUT2D eigenvalue weighted by molar-refractivity contribution is -0.131. The second kappa shape index (κ2) is 5.66. The third-order valence-corrected chi connectivity index (χ3v) is 1.11. The largest absolute Gasteiger partial charge is 0.388 e. The van der Waals surface area contributed by atoms with Gasteiger partial charge in [-0.05, 0) is 13.8 Å². The molecule has 0 aromatic heterocycles. The Morgan fingerprint density at radius 2 is 2.23 bits per heavy atom. The minimum Gasteiger partial charge on any atom is -0.388 e. The molecule has 0 radical (unpaired) electrons. The number of aldehydes is 1. The first-order chi connectivity index (χ1) is 5.95. The van der Waals surface area contributed by atoms with Crippen molar-refractivity contribution in [1.29, 1.82) is 0 Å². The molecule has 0 saturated carbocycles. The van der Waals surface area contributed by atoms with Crippen molar-refractivity contribution in [2.75, 3.05) is 19.8 Å². The zero-order chi connectivity index (χ0) is 10.3. The Balaban J connectivity index is 3.27. The van der Waals surface area contributed by atoms with E-state index in [4.69, 9.17) is 4.74 Å². The molecular formula is C8H15NO4. The highest BCUT2D eigenvalue weighted by molar-refractivity contribution is 6.23. The number of aliphatic hydroxyl groups is 1. The fourth-order valence-electron chi connectivity index (χ4n) is 0.610. The van der Waals surface area contributed by atoms with E-state index in [1.165, 1.54) is 0 Å². The number of ether oxygens (including phenoxy) is 1. The summed E-state index contributed by atoms with van der Waals surface area (Å²) in [5.41, 5.74) is -0.866. The number of nitrogens with one attached hydrogen (secondary N) is 1. The van der Waals surface area contributed by atoms with E-state index in [9.17, 15) is 14.7 Å². The molecule has 5 heteroatoms. The van der Waals surface area contributed by atoms with Crippen molar-refractivity contribution in [2.24, 2.45) is 0 Å². The quantitative estimate of drug-likeness (QED) is 0.322. The van der Waals surface area contributed by atoms with Gasteiger partial charge in [-0.3, -0.25) is 9.59 Å². The molecule has 0 aliphatic carbocycles. The Bertz CT molecular complexity index is 173. The fourth-order valence-corrected chi connectivity index (χ4v) is 0.610. The average Bonchev–Trinajstić information content (AvgIpc) is 2.01. The van der Waals surface area contributed by atoms with Gasteiger partial charge in [-0.2, -0.15) is 0 Å². The van der Waals surface area contributed by atoms with Gasteiger partial charge >= 0.3 is 0 Å². The zero-order valence-corrected chi connectivity index (χ0v) is 7.87. The van der Waals surface area contributed by atoms with Crippen molar-refractivity contribution in [3.63, 3.8) is 0 Å². The number of hydrogen-bond donors (Lipinski definition) is 2. The molecule has 1 amide bonds. The monoisotopic (exact) mass is 189 g/mol. The van der Waals surface area contributed by atoms with Gasteiger partial charge in [-0.15, -0.1) is 0 Å². The van der Waals surface area contributed by atoms with E-state index in [1.807, 2.05) is 0 Å². The molecular weight excluding hydrogens is 174 g/mol. The first kappa shape index (κ1) is 12.1. The standard InChI is InChI=1S/C8H15NO4/c1-8(2,12)6-13-4-3-9-7(11)5-10/h5,12H,3-4,6H2,1-2H3,(H,9,11). The molecule has 2 N–H and O–H groups in total. The maximum Gasteiger partial charge on any atom is 0.284 e. The van der Waals surface area contributed by atoms with Crippen LogP contribution in [-0.4, -0.2) is 42.7 Å². The molecule has 0 heterocycles. The summed E-state index contributed by atoms with van der Waals surface area (Å²) in [6, 6.07) is 0. The van der Waals surface area contributed by atoms with Gasteiger partial charge in [0.25, 0.3) is 5.91 Å². The topological polar surface area (TPSA) is 75.6 Å². The number of hydrogen-bond acceptors (Lipinski definition) is 4. The van der Waals surface area contributed by atoms with Crippen molar-refractivity contribution in [3.8, 4) is 0 Å². The highest BCUT2D eigenvalue weighted by atomic mass is 16.5. The number of rotatable bonds is 6. The van der Waals surface area contributed by atoms with Gasteiger partial charge < -0.3 is 15.2 Å². The molecule has 5 nitrogen and oxygen atoms in total. The van der Waals surface area contributed by atoms with Crippen molar-refractivity contribution in [3.05, 3.63) is 0 Å². The van der Waals surface area contributed by atoms with E-state index in [-0.39, 0.29) is 26.0 Å². The van der Waals surface area contributed by atoms with Crippen LogP contribution < -0.4 is 5.32 Å². The second-order valence-electron chi connectivity index (χ2n) is 3.27. The van der Waals surface area contributed by atoms with Crippen LogP contribution in [0.3, 0.4) is 0 Å². The number of carbonyl (C=O) groups is 2. The molecule has 0 rings (SSSR count). The molecule has 0 aliphatic heterocycles. The Morgan fingerprint density at radius 3 is 2.69 bits per heavy atom. The summed E-state index contributed by atoms with van der Waals surface area (Å²) in [5.74, 6) is -0.660. The van der Waals surface area contributed by atoms with Gasteiger partial charge in [0.2, 0.25) is 6.29 Å². The van der Waals surface area contributed by atoms with Crippen LogP contribution in [0.2, 0.25) is 0 Å². The van der Waals surface area contributed by atoms with Crippen LogP contribution >= 0.6 is 0 Å². The van der Waals surface area contributed by atoms with Gasteiger partial charge in [0, 0.05) is 6.54 Å². The molecule has 0 aliphatic rings. The summed E-state index contributed by atoms with van der Waals surface area (Å²) in [6.45, 7) is 4.00. The van der Waals surface area contributed by atoms with Gasteiger partial charge in [0.15, 0.2) is 0 Å². The number of carbonyl (C=O) groups excluding carboxylic acids is 2. The molecule has 0 aromatic rings. The Kier molecular flexibility index (Phi) is 5.25. The first-order valence-electron chi connectivity index (χ1n) is 3.99. The summed E-state index contributed by atoms with van der Waals surface area (Å²) >= 11 is 0. The van der Waals surface area contributed by atoms with Gasteiger partial charge in [-0.25, -0.2) is 0 Å². The molecule has 0 fully saturated rings. The van der Waals surface area contributed by atoms with E-state index in [2.05, 4.69) is 5.32 Å². The van der Waals surface area contributed by atoms with Crippen molar-refractivity contribution in [1.82, 2.24) is 5.32 Å². The molecule has 0 aromatic carbocycles. The maximum absolute atomic E-state index is 10.4. The van der Waals surface area contributed by atoms with E-state index in [0.717, 1.165) is 0 Å². The van der Waals surface area contributed by atoms with E-state index in [0.29, 0.717) is 0 Å². The predicted molar refractivity (Wildman–Crippen MR) is 46.2 cm³/mol. The Labute approximate surface area is 77.1 Å². The molecule has 0 bridgehead atoms. The zero-order valence-electron chi connectivity index (χ0n) is 7.87. The Morgan fingerprint density at radius 1 is 1.62 bits per heavy atom. The van der Waals surface area contributed by atoms with Crippen molar-refractivity contribution >= 4 is 12.2 Å². The minimum atomic E-state index is -0.866. The molecule has 0 atom stereocenters. The van der Waals surface area contributed by atoms with Gasteiger partial charge in [-0.1, -0.05) is 0 Å². The van der Waals surface area contributed by atoms with Gasteiger partial charge in [0.1, 0.15) is 0 Å². The Hall–Kier alpha value is -0.940. The lowest BCUT2D eigenvalue weighted by Gasteiger charge is -2.16. The highest BCUT2D eigenvalue weighted by Crippen LogP contribution is 1.99. The third-order valence-electron chi connectivity index (χ3n) is 1.11. The van der Waals surface area contributed by atoms with Gasteiger partial charge in [0.05, 0.1) is 18.8 Å². The van der Waals surface area contributed by atoms with Crippen molar-refractivity contribution in [2.45, 2.75) is 19.4 Å². The second-order valence-corrected chi connectivity index (χ2v) is 3.27. The summed E-state index contributed by atoms with van der Waals surface area (Å²) in [4.78, 5) is 20.2. The van der Waals surface area contributed by atoms with Crippen LogP contribution in [0.1, 0.15) is 13.8 Å². The van der Waals surface area contributed by atoms with Crippen molar-refractivity contribution < 1.29 is 19.4 Å². The SMILES string of the molecule is CC(C)(O)COCCNC(=O)C=O. The third kappa shape index (κ3) is 8.97. The molecule has 0 unspecified atom stereocenters. The van der Waals surface area contributed by atoms with E-state index < -0.39 is 11.5 Å². The lowest BCUT2D eigenvalue weighted by atomic mass is 10.2. The normalized spacial score (nSPS) is 11.0. The highest BCUT2D eigenvalue weighted by Gasteiger charge is 2.11. The summed E-state index contributed by atoms with van der Waals surface area (Å²) in [6.07, 6.45) is 0.204. The fraction of sp³-hybridized carbons (Fsp3) is 0.750. The average molecular weight is 189 g/mol. The summed E-state index contributed by atoms with van der Waals surface area (Å²) in [7, 11) is 0. The minimum absolute atomic E-state index is 0.198. The predicted octanol–water partition coefficient (Wildman–Crippen LogP) is -0.911. The van der Waals surface area contributed by atoms with Crippen LogP contribution in [0.5, 0.6) is 0 Å². The molecule has 76 valence electrons.